The third-order valence-corrected chi connectivity index (χ3v) is 4.81. The van der Waals surface area contributed by atoms with Crippen molar-refractivity contribution >= 4 is 0 Å². The van der Waals surface area contributed by atoms with Gasteiger partial charge in [0.25, 0.3) is 0 Å². The molecule has 2 aliphatic rings. The molecule has 0 bridgehead atoms. The van der Waals surface area contributed by atoms with Gasteiger partial charge >= 0.3 is 0 Å². The van der Waals surface area contributed by atoms with Crippen LogP contribution >= 0.6 is 0 Å². The summed E-state index contributed by atoms with van der Waals surface area (Å²) in [6.07, 6.45) is 12.8. The molecular weight excluding hydrogens is 182 g/mol. The molecule has 1 nitrogen and oxygen atoms in total. The van der Waals surface area contributed by atoms with E-state index >= 15 is 0 Å². The quantitative estimate of drug-likeness (QED) is 0.753. The molecule has 88 valence electrons. The van der Waals surface area contributed by atoms with Crippen LogP contribution in [0.3, 0.4) is 0 Å². The van der Waals surface area contributed by atoms with Crippen LogP contribution in [0.2, 0.25) is 0 Å². The van der Waals surface area contributed by atoms with E-state index in [4.69, 9.17) is 5.73 Å². The second-order valence-corrected chi connectivity index (χ2v) is 5.83. The Bertz CT molecular complexity index is 190. The van der Waals surface area contributed by atoms with Gasteiger partial charge in [-0.2, -0.15) is 0 Å². The van der Waals surface area contributed by atoms with Gasteiger partial charge in [-0.1, -0.05) is 39.0 Å². The van der Waals surface area contributed by atoms with Crippen molar-refractivity contribution in [2.45, 2.75) is 70.8 Å². The minimum absolute atomic E-state index is 0.498. The van der Waals surface area contributed by atoms with Gasteiger partial charge in [0.15, 0.2) is 0 Å². The molecule has 2 rings (SSSR count). The lowest BCUT2D eigenvalue weighted by Crippen LogP contribution is -2.37. The predicted octanol–water partition coefficient (Wildman–Crippen LogP) is 3.72. The first-order valence-electron chi connectivity index (χ1n) is 7.06. The Balaban J connectivity index is 1.85. The molecule has 1 heteroatoms. The summed E-state index contributed by atoms with van der Waals surface area (Å²) in [5, 5.41) is 0. The zero-order valence-electron chi connectivity index (χ0n) is 10.3. The van der Waals surface area contributed by atoms with E-state index in [1.165, 1.54) is 57.8 Å². The Labute approximate surface area is 94.8 Å². The molecule has 0 aliphatic heterocycles. The summed E-state index contributed by atoms with van der Waals surface area (Å²) in [6, 6.07) is 0.498. The second-order valence-electron chi connectivity index (χ2n) is 5.83. The van der Waals surface area contributed by atoms with Crippen molar-refractivity contribution in [1.29, 1.82) is 0 Å². The number of hydrogen-bond donors (Lipinski definition) is 1. The van der Waals surface area contributed by atoms with Crippen LogP contribution in [-0.4, -0.2) is 6.04 Å². The minimum atomic E-state index is 0.498. The molecule has 2 aliphatic carbocycles. The van der Waals surface area contributed by atoms with Crippen molar-refractivity contribution in [2.24, 2.45) is 23.5 Å². The van der Waals surface area contributed by atoms with Crippen molar-refractivity contribution in [3.63, 3.8) is 0 Å². The van der Waals surface area contributed by atoms with Gasteiger partial charge in [0.2, 0.25) is 0 Å². The van der Waals surface area contributed by atoms with E-state index in [0.717, 1.165) is 17.8 Å². The average Bonchev–Trinajstić information content (AvgIpc) is 2.29. The molecule has 0 aromatic rings. The zero-order chi connectivity index (χ0) is 10.7. The Kier molecular flexibility index (Phi) is 4.07. The molecule has 2 saturated carbocycles. The van der Waals surface area contributed by atoms with Gasteiger partial charge in [-0.3, -0.25) is 0 Å². The lowest BCUT2D eigenvalue weighted by atomic mass is 9.66. The molecule has 2 N–H and O–H groups in total. The molecule has 0 radical (unpaired) electrons. The molecule has 15 heavy (non-hydrogen) atoms. The fourth-order valence-electron chi connectivity index (χ4n) is 3.87. The third-order valence-electron chi connectivity index (χ3n) is 4.81. The van der Waals surface area contributed by atoms with Gasteiger partial charge < -0.3 is 5.73 Å². The Morgan fingerprint density at radius 2 is 1.80 bits per heavy atom. The molecule has 0 spiro atoms. The van der Waals surface area contributed by atoms with E-state index in [0.29, 0.717) is 6.04 Å². The monoisotopic (exact) mass is 209 g/mol. The summed E-state index contributed by atoms with van der Waals surface area (Å²) < 4.78 is 0. The first kappa shape index (κ1) is 11.4. The smallest absolute Gasteiger partial charge is 0.00671 e. The summed E-state index contributed by atoms with van der Waals surface area (Å²) in [4.78, 5) is 0. The molecule has 2 fully saturated rings. The molecule has 0 amide bonds. The maximum atomic E-state index is 6.28. The fourth-order valence-corrected chi connectivity index (χ4v) is 3.87. The number of rotatable bonds is 3. The zero-order valence-corrected chi connectivity index (χ0v) is 10.3. The van der Waals surface area contributed by atoms with E-state index in [1.54, 1.807) is 0 Å². The first-order chi connectivity index (χ1) is 7.31. The molecule has 0 heterocycles. The van der Waals surface area contributed by atoms with Gasteiger partial charge in [-0.25, -0.2) is 0 Å². The largest absolute Gasteiger partial charge is 0.327 e. The summed E-state index contributed by atoms with van der Waals surface area (Å²) in [6.45, 7) is 2.26. The Hall–Kier alpha value is -0.0400. The number of fused-ring (bicyclic) bond motifs is 1. The molecule has 0 aromatic carbocycles. The highest BCUT2D eigenvalue weighted by Gasteiger charge is 2.33. The summed E-state index contributed by atoms with van der Waals surface area (Å²) >= 11 is 0. The number of hydrogen-bond acceptors (Lipinski definition) is 1. The number of nitrogens with two attached hydrogens (primary N) is 1. The standard InChI is InChI=1S/C14H27N/c1-2-5-14(15)13-9-8-11-6-3-4-7-12(11)10-13/h11-14H,2-10,15H2,1H3. The first-order valence-corrected chi connectivity index (χ1v) is 7.06. The van der Waals surface area contributed by atoms with E-state index in [9.17, 15) is 0 Å². The van der Waals surface area contributed by atoms with Crippen molar-refractivity contribution in [3.05, 3.63) is 0 Å². The molecule has 4 unspecified atom stereocenters. The lowest BCUT2D eigenvalue weighted by Gasteiger charge is -2.41. The van der Waals surface area contributed by atoms with Crippen LogP contribution in [0.15, 0.2) is 0 Å². The molecular formula is C14H27N. The fraction of sp³-hybridized carbons (Fsp3) is 1.00. The van der Waals surface area contributed by atoms with Crippen LogP contribution < -0.4 is 5.73 Å². The maximum Gasteiger partial charge on any atom is 0.00671 e. The van der Waals surface area contributed by atoms with Crippen LogP contribution in [0.1, 0.15) is 64.7 Å². The van der Waals surface area contributed by atoms with Crippen molar-refractivity contribution < 1.29 is 0 Å². The minimum Gasteiger partial charge on any atom is -0.327 e. The summed E-state index contributed by atoms with van der Waals surface area (Å²) in [7, 11) is 0. The van der Waals surface area contributed by atoms with E-state index < -0.39 is 0 Å². The average molecular weight is 209 g/mol. The highest BCUT2D eigenvalue weighted by Crippen LogP contribution is 2.43. The molecule has 4 atom stereocenters. The van der Waals surface area contributed by atoms with Gasteiger partial charge in [0, 0.05) is 6.04 Å². The van der Waals surface area contributed by atoms with Gasteiger partial charge in [-0.15, -0.1) is 0 Å². The van der Waals surface area contributed by atoms with Crippen LogP contribution in [-0.2, 0) is 0 Å². The van der Waals surface area contributed by atoms with Crippen molar-refractivity contribution in [3.8, 4) is 0 Å². The lowest BCUT2D eigenvalue weighted by molar-refractivity contribution is 0.115. The molecule has 0 aromatic heterocycles. The van der Waals surface area contributed by atoms with Crippen molar-refractivity contribution in [2.75, 3.05) is 0 Å². The van der Waals surface area contributed by atoms with E-state index in [1.807, 2.05) is 0 Å². The van der Waals surface area contributed by atoms with Gasteiger partial charge in [-0.05, 0) is 43.4 Å². The van der Waals surface area contributed by atoms with Gasteiger partial charge in [0.1, 0.15) is 0 Å². The van der Waals surface area contributed by atoms with E-state index in [2.05, 4.69) is 6.92 Å². The van der Waals surface area contributed by atoms with Crippen LogP contribution in [0.4, 0.5) is 0 Å². The van der Waals surface area contributed by atoms with E-state index in [-0.39, 0.29) is 0 Å². The van der Waals surface area contributed by atoms with Crippen molar-refractivity contribution in [1.82, 2.24) is 0 Å². The van der Waals surface area contributed by atoms with Crippen LogP contribution in [0.5, 0.6) is 0 Å². The Morgan fingerprint density at radius 1 is 1.07 bits per heavy atom. The van der Waals surface area contributed by atoms with Crippen LogP contribution in [0, 0.1) is 17.8 Å². The topological polar surface area (TPSA) is 26.0 Å². The Morgan fingerprint density at radius 3 is 2.53 bits per heavy atom. The third kappa shape index (κ3) is 2.75. The summed E-state index contributed by atoms with van der Waals surface area (Å²) in [5.74, 6) is 2.97. The second kappa shape index (κ2) is 5.34. The SMILES string of the molecule is CCCC(N)C1CCC2CCCCC2C1. The highest BCUT2D eigenvalue weighted by molar-refractivity contribution is 4.86. The molecule has 0 saturated heterocycles. The van der Waals surface area contributed by atoms with Gasteiger partial charge in [0.05, 0.1) is 0 Å². The maximum absolute atomic E-state index is 6.28. The normalized spacial score (nSPS) is 38.4. The highest BCUT2D eigenvalue weighted by atomic mass is 14.7. The summed E-state index contributed by atoms with van der Waals surface area (Å²) in [5.41, 5.74) is 6.28. The van der Waals surface area contributed by atoms with Crippen LogP contribution in [0.25, 0.3) is 0 Å². The predicted molar refractivity (Wildman–Crippen MR) is 65.7 cm³/mol.